The SMILES string of the molecule is CCOC(=O)NC(=O)CSc1nnc(COc2ccc(OCC)cc2)n1-c1ccc(Cl)cc1. The molecule has 0 atom stereocenters. The predicted octanol–water partition coefficient (Wildman–Crippen LogP) is 4.26. The molecule has 1 N–H and O–H groups in total. The largest absolute Gasteiger partial charge is 0.494 e. The van der Waals surface area contributed by atoms with Crippen LogP contribution >= 0.6 is 23.4 Å². The van der Waals surface area contributed by atoms with Crippen LogP contribution in [0.5, 0.6) is 11.5 Å². The van der Waals surface area contributed by atoms with Crippen molar-refractivity contribution in [1.29, 1.82) is 0 Å². The molecule has 0 spiro atoms. The van der Waals surface area contributed by atoms with Crippen LogP contribution in [0.2, 0.25) is 5.02 Å². The number of nitrogens with one attached hydrogen (secondary N) is 1. The first kappa shape index (κ1) is 24.4. The van der Waals surface area contributed by atoms with Gasteiger partial charge in [0.2, 0.25) is 5.91 Å². The van der Waals surface area contributed by atoms with E-state index in [9.17, 15) is 9.59 Å². The Bertz CT molecular complexity index is 1070. The molecule has 11 heteroatoms. The number of amides is 2. The quantitative estimate of drug-likeness (QED) is 0.420. The van der Waals surface area contributed by atoms with Crippen molar-refractivity contribution in [3.8, 4) is 17.2 Å². The van der Waals surface area contributed by atoms with Crippen molar-refractivity contribution in [3.05, 3.63) is 59.4 Å². The molecule has 1 heterocycles. The minimum atomic E-state index is -0.785. The number of imide groups is 1. The number of hydrogen-bond donors (Lipinski definition) is 1. The molecule has 0 saturated carbocycles. The summed E-state index contributed by atoms with van der Waals surface area (Å²) in [6.07, 6.45) is -0.785. The molecule has 174 valence electrons. The average Bonchev–Trinajstić information content (AvgIpc) is 3.21. The molecule has 1 aromatic heterocycles. The van der Waals surface area contributed by atoms with Gasteiger partial charge in [0, 0.05) is 10.7 Å². The number of halogens is 1. The molecule has 2 amide bonds. The number of alkyl carbamates (subject to hydrolysis) is 1. The number of nitrogens with zero attached hydrogens (tertiary/aromatic N) is 3. The molecule has 0 bridgehead atoms. The van der Waals surface area contributed by atoms with Gasteiger partial charge in [-0.2, -0.15) is 0 Å². The van der Waals surface area contributed by atoms with E-state index >= 15 is 0 Å². The molecule has 3 aromatic rings. The molecule has 3 rings (SSSR count). The van der Waals surface area contributed by atoms with Gasteiger partial charge in [-0.1, -0.05) is 23.4 Å². The first-order valence-electron chi connectivity index (χ1n) is 10.2. The Balaban J connectivity index is 1.74. The van der Waals surface area contributed by atoms with Crippen LogP contribution in [-0.2, 0) is 16.1 Å². The third-order valence-corrected chi connectivity index (χ3v) is 5.32. The summed E-state index contributed by atoms with van der Waals surface area (Å²) in [6, 6.07) is 14.4. The maximum absolute atomic E-state index is 12.0. The van der Waals surface area contributed by atoms with Crippen molar-refractivity contribution in [1.82, 2.24) is 20.1 Å². The third kappa shape index (κ3) is 7.13. The van der Waals surface area contributed by atoms with E-state index in [0.29, 0.717) is 28.4 Å². The van der Waals surface area contributed by atoms with E-state index in [1.807, 2.05) is 43.3 Å². The van der Waals surface area contributed by atoms with Crippen LogP contribution in [-0.4, -0.2) is 45.7 Å². The van der Waals surface area contributed by atoms with Crippen molar-refractivity contribution in [2.75, 3.05) is 19.0 Å². The number of ether oxygens (including phenoxy) is 3. The number of carbonyl (C=O) groups is 2. The van der Waals surface area contributed by atoms with E-state index in [2.05, 4.69) is 15.5 Å². The summed E-state index contributed by atoms with van der Waals surface area (Å²) < 4.78 is 17.8. The summed E-state index contributed by atoms with van der Waals surface area (Å²) in [4.78, 5) is 23.5. The van der Waals surface area contributed by atoms with Crippen LogP contribution in [0.4, 0.5) is 4.79 Å². The minimum Gasteiger partial charge on any atom is -0.494 e. The number of rotatable bonds is 10. The zero-order valence-electron chi connectivity index (χ0n) is 18.1. The Hall–Kier alpha value is -3.24. The van der Waals surface area contributed by atoms with E-state index in [1.54, 1.807) is 23.6 Å². The van der Waals surface area contributed by atoms with E-state index in [-0.39, 0.29) is 19.0 Å². The van der Waals surface area contributed by atoms with Crippen molar-refractivity contribution < 1.29 is 23.8 Å². The fraction of sp³-hybridized carbons (Fsp3) is 0.273. The van der Waals surface area contributed by atoms with E-state index in [0.717, 1.165) is 23.2 Å². The molecule has 2 aromatic carbocycles. The highest BCUT2D eigenvalue weighted by Gasteiger charge is 2.17. The van der Waals surface area contributed by atoms with Crippen LogP contribution < -0.4 is 14.8 Å². The van der Waals surface area contributed by atoms with Gasteiger partial charge in [0.15, 0.2) is 11.0 Å². The second kappa shape index (κ2) is 12.1. The molecule has 0 fully saturated rings. The average molecular weight is 491 g/mol. The molecular formula is C22H23ClN4O5S. The van der Waals surface area contributed by atoms with Crippen molar-refractivity contribution in [2.45, 2.75) is 25.6 Å². The number of aromatic nitrogens is 3. The maximum atomic E-state index is 12.0. The lowest BCUT2D eigenvalue weighted by molar-refractivity contribution is -0.117. The van der Waals surface area contributed by atoms with Crippen molar-refractivity contribution >= 4 is 35.4 Å². The predicted molar refractivity (Wildman–Crippen MR) is 124 cm³/mol. The Morgan fingerprint density at radius 1 is 0.970 bits per heavy atom. The smallest absolute Gasteiger partial charge is 0.413 e. The number of benzene rings is 2. The fourth-order valence-electron chi connectivity index (χ4n) is 2.73. The van der Waals surface area contributed by atoms with E-state index in [4.69, 9.17) is 25.8 Å². The first-order valence-corrected chi connectivity index (χ1v) is 11.5. The summed E-state index contributed by atoms with van der Waals surface area (Å²) in [5.41, 5.74) is 0.753. The topological polar surface area (TPSA) is 105 Å². The molecule has 0 aliphatic carbocycles. The Morgan fingerprint density at radius 2 is 1.64 bits per heavy atom. The van der Waals surface area contributed by atoms with Gasteiger partial charge < -0.3 is 14.2 Å². The van der Waals surface area contributed by atoms with Gasteiger partial charge in [0.05, 0.1) is 19.0 Å². The van der Waals surface area contributed by atoms with Gasteiger partial charge in [-0.05, 0) is 62.4 Å². The lowest BCUT2D eigenvalue weighted by Crippen LogP contribution is -2.32. The second-order valence-electron chi connectivity index (χ2n) is 6.46. The highest BCUT2D eigenvalue weighted by Crippen LogP contribution is 2.25. The summed E-state index contributed by atoms with van der Waals surface area (Å²) in [6.45, 7) is 4.48. The molecule has 0 aliphatic rings. The normalized spacial score (nSPS) is 10.5. The number of thioether (sulfide) groups is 1. The van der Waals surface area contributed by atoms with Gasteiger partial charge in [0.25, 0.3) is 0 Å². The van der Waals surface area contributed by atoms with Gasteiger partial charge in [-0.15, -0.1) is 10.2 Å². The Kier molecular flexibility index (Phi) is 8.96. The Morgan fingerprint density at radius 3 is 2.27 bits per heavy atom. The number of hydrogen-bond acceptors (Lipinski definition) is 8. The van der Waals surface area contributed by atoms with Crippen LogP contribution in [0, 0.1) is 0 Å². The monoisotopic (exact) mass is 490 g/mol. The number of carbonyl (C=O) groups excluding carboxylic acids is 2. The summed E-state index contributed by atoms with van der Waals surface area (Å²) in [7, 11) is 0. The molecule has 0 saturated heterocycles. The molecular weight excluding hydrogens is 468 g/mol. The highest BCUT2D eigenvalue weighted by atomic mass is 35.5. The fourth-order valence-corrected chi connectivity index (χ4v) is 3.63. The third-order valence-electron chi connectivity index (χ3n) is 4.14. The lowest BCUT2D eigenvalue weighted by Gasteiger charge is -2.12. The lowest BCUT2D eigenvalue weighted by atomic mass is 10.3. The van der Waals surface area contributed by atoms with Gasteiger partial charge >= 0.3 is 6.09 Å². The zero-order valence-corrected chi connectivity index (χ0v) is 19.7. The van der Waals surface area contributed by atoms with Crippen LogP contribution in [0.3, 0.4) is 0 Å². The minimum absolute atomic E-state index is 0.0513. The molecule has 0 aliphatic heterocycles. The standard InChI is InChI=1S/C22H23ClN4O5S/c1-3-30-17-9-11-18(12-10-17)32-13-19-25-26-21(27(19)16-7-5-15(23)6-8-16)33-14-20(28)24-22(29)31-4-2/h5-12H,3-4,13-14H2,1-2H3,(H,24,28,29). The highest BCUT2D eigenvalue weighted by molar-refractivity contribution is 7.99. The van der Waals surface area contributed by atoms with Crippen molar-refractivity contribution in [3.63, 3.8) is 0 Å². The zero-order chi connectivity index (χ0) is 23.6. The summed E-state index contributed by atoms with van der Waals surface area (Å²) in [5, 5.41) is 11.6. The van der Waals surface area contributed by atoms with Gasteiger partial charge in [-0.3, -0.25) is 14.7 Å². The second-order valence-corrected chi connectivity index (χ2v) is 7.84. The molecule has 0 radical (unpaired) electrons. The van der Waals surface area contributed by atoms with Gasteiger partial charge in [0.1, 0.15) is 18.1 Å². The first-order chi connectivity index (χ1) is 16.0. The molecule has 9 nitrogen and oxygen atoms in total. The van der Waals surface area contributed by atoms with Crippen LogP contribution in [0.1, 0.15) is 19.7 Å². The van der Waals surface area contributed by atoms with Crippen LogP contribution in [0.25, 0.3) is 5.69 Å². The molecule has 0 unspecified atom stereocenters. The van der Waals surface area contributed by atoms with Crippen LogP contribution in [0.15, 0.2) is 53.7 Å². The van der Waals surface area contributed by atoms with E-state index in [1.165, 1.54) is 0 Å². The molecule has 33 heavy (non-hydrogen) atoms. The summed E-state index contributed by atoms with van der Waals surface area (Å²) >= 11 is 7.16. The van der Waals surface area contributed by atoms with Crippen molar-refractivity contribution in [2.24, 2.45) is 0 Å². The Labute approximate surface area is 200 Å². The summed E-state index contributed by atoms with van der Waals surface area (Å²) in [5.74, 6) is 1.38. The van der Waals surface area contributed by atoms with Gasteiger partial charge in [-0.25, -0.2) is 4.79 Å². The van der Waals surface area contributed by atoms with E-state index < -0.39 is 12.0 Å². The maximum Gasteiger partial charge on any atom is 0.413 e.